The molecule has 1 N–H and O–H groups in total. The highest BCUT2D eigenvalue weighted by Gasteiger charge is 2.33. The van der Waals surface area contributed by atoms with Gasteiger partial charge in [0.15, 0.2) is 5.71 Å². The number of amides is 1. The van der Waals surface area contributed by atoms with E-state index in [2.05, 4.69) is 27.3 Å². The molecule has 0 fully saturated rings. The van der Waals surface area contributed by atoms with Crippen molar-refractivity contribution in [3.63, 3.8) is 0 Å². The van der Waals surface area contributed by atoms with Crippen LogP contribution in [0.3, 0.4) is 0 Å². The van der Waals surface area contributed by atoms with Gasteiger partial charge in [0.25, 0.3) is 0 Å². The molecule has 0 spiro atoms. The third-order valence-corrected chi connectivity index (χ3v) is 5.84. The average Bonchev–Trinajstić information content (AvgIpc) is 3.12. The highest BCUT2D eigenvalue weighted by Crippen LogP contribution is 2.36. The van der Waals surface area contributed by atoms with E-state index >= 15 is 0 Å². The predicted molar refractivity (Wildman–Crippen MR) is 123 cm³/mol. The lowest BCUT2D eigenvalue weighted by Gasteiger charge is -2.16. The summed E-state index contributed by atoms with van der Waals surface area (Å²) in [4.78, 5) is 11.6. The lowest BCUT2D eigenvalue weighted by molar-refractivity contribution is -0.434. The Balaban J connectivity index is 2.28. The standard InChI is InChI=1S/C22H23BBrF2N3O/c1-13-10-15(3)28(5)21(13)20(22-14(2)11-16(4)29(22)23(25)26)17-6-8-18(9-7-17)27-19(30)12-24/h6-11H,12H2,1-5H3/p+1. The first-order valence-corrected chi connectivity index (χ1v) is 10.7. The number of aryl methyl sites for hydroxylation is 2. The van der Waals surface area contributed by atoms with Gasteiger partial charge in [-0.15, -0.1) is 0 Å². The fraction of sp³-hybridized carbons (Fsp3) is 0.273. The zero-order valence-electron chi connectivity index (χ0n) is 17.7. The normalized spacial score (nSPS) is 15.4. The molecule has 0 bridgehead atoms. The summed E-state index contributed by atoms with van der Waals surface area (Å²) in [5.74, 6) is -0.154. The number of carbonyl (C=O) groups excluding carboxylic acids is 1. The van der Waals surface area contributed by atoms with E-state index in [0.717, 1.165) is 38.2 Å². The Morgan fingerprint density at radius 3 is 2.30 bits per heavy atom. The Kier molecular flexibility index (Phi) is 6.46. The first-order chi connectivity index (χ1) is 14.1. The van der Waals surface area contributed by atoms with Crippen LogP contribution in [0.15, 0.2) is 47.7 Å². The summed E-state index contributed by atoms with van der Waals surface area (Å²) >= 11 is 3.13. The van der Waals surface area contributed by atoms with Crippen LogP contribution in [0, 0.1) is 13.8 Å². The molecule has 1 aliphatic heterocycles. The molecule has 4 nitrogen and oxygen atoms in total. The second kappa shape index (κ2) is 8.72. The maximum absolute atomic E-state index is 14.0. The number of hydrogen-bond acceptors (Lipinski definition) is 1. The number of anilines is 1. The van der Waals surface area contributed by atoms with Gasteiger partial charge in [-0.05, 0) is 50.1 Å². The quantitative estimate of drug-likeness (QED) is 0.368. The van der Waals surface area contributed by atoms with Gasteiger partial charge in [0, 0.05) is 30.0 Å². The number of carbonyl (C=O) groups is 1. The number of aromatic nitrogens is 1. The minimum Gasteiger partial charge on any atom is -0.329 e. The van der Waals surface area contributed by atoms with Crippen molar-refractivity contribution in [3.05, 3.63) is 70.2 Å². The molecule has 1 aromatic heterocycles. The van der Waals surface area contributed by atoms with Crippen LogP contribution >= 0.6 is 15.9 Å². The molecule has 0 atom stereocenters. The molecule has 1 aromatic carbocycles. The van der Waals surface area contributed by atoms with Crippen LogP contribution in [0.1, 0.15) is 36.4 Å². The van der Waals surface area contributed by atoms with E-state index in [-0.39, 0.29) is 11.2 Å². The molecule has 3 rings (SSSR count). The highest BCUT2D eigenvalue weighted by molar-refractivity contribution is 9.09. The summed E-state index contributed by atoms with van der Waals surface area (Å²) in [6.45, 7) is 7.54. The van der Waals surface area contributed by atoms with Crippen LogP contribution < -0.4 is 5.32 Å². The van der Waals surface area contributed by atoms with Crippen molar-refractivity contribution in [2.24, 2.45) is 0 Å². The molecule has 0 saturated heterocycles. The molecule has 2 heterocycles. The zero-order valence-corrected chi connectivity index (χ0v) is 19.3. The smallest absolute Gasteiger partial charge is 0.329 e. The molecule has 0 unspecified atom stereocenters. The number of halogens is 3. The van der Waals surface area contributed by atoms with E-state index in [1.165, 1.54) is 0 Å². The van der Waals surface area contributed by atoms with E-state index in [1.54, 1.807) is 25.1 Å². The number of benzene rings is 1. The topological polar surface area (TPSA) is 37.0 Å². The number of alkyl halides is 1. The molecular formula is C22H24BBrF2N3O+. The van der Waals surface area contributed by atoms with Gasteiger partial charge in [0.2, 0.25) is 11.6 Å². The molecule has 30 heavy (non-hydrogen) atoms. The van der Waals surface area contributed by atoms with Crippen LogP contribution in [0.25, 0.3) is 5.57 Å². The summed E-state index contributed by atoms with van der Waals surface area (Å²) in [6, 6.07) is 9.09. The monoisotopic (exact) mass is 474 g/mol. The maximum atomic E-state index is 14.0. The summed E-state index contributed by atoms with van der Waals surface area (Å²) in [5, 5.41) is 2.99. The van der Waals surface area contributed by atoms with Crippen molar-refractivity contribution < 1.29 is 18.0 Å². The molecule has 0 radical (unpaired) electrons. The van der Waals surface area contributed by atoms with Gasteiger partial charge in [0.05, 0.1) is 16.6 Å². The van der Waals surface area contributed by atoms with Gasteiger partial charge in [0.1, 0.15) is 7.05 Å². The summed E-state index contributed by atoms with van der Waals surface area (Å²) in [6.07, 6.45) is 2.05. The Morgan fingerprint density at radius 1 is 1.17 bits per heavy atom. The molecule has 8 heteroatoms. The summed E-state index contributed by atoms with van der Waals surface area (Å²) in [7, 11) is -0.706. The number of hydrogen-bond donors (Lipinski definition) is 1. The SMILES string of the molecule is CC1=CC(C)=[N+](C)/C1=C(/c1ccc(NC(=O)CBr)cc1)c1c(C)cc(C)n1B(F)F. The molecule has 156 valence electrons. The molecule has 1 aliphatic rings. The number of allylic oxidation sites excluding steroid dienone is 2. The number of nitrogens with zero attached hydrogens (tertiary/aromatic N) is 2. The fourth-order valence-electron chi connectivity index (χ4n) is 3.97. The lowest BCUT2D eigenvalue weighted by Crippen LogP contribution is -2.20. The minimum absolute atomic E-state index is 0.154. The Hall–Kier alpha value is -2.48. The minimum atomic E-state index is -2.65. The second-order valence-corrected chi connectivity index (χ2v) is 8.04. The van der Waals surface area contributed by atoms with Crippen molar-refractivity contribution in [2.75, 3.05) is 17.7 Å². The van der Waals surface area contributed by atoms with Crippen molar-refractivity contribution in [3.8, 4) is 0 Å². The molecule has 0 saturated carbocycles. The van der Waals surface area contributed by atoms with Crippen LogP contribution in [-0.2, 0) is 4.79 Å². The highest BCUT2D eigenvalue weighted by atomic mass is 79.9. The van der Waals surface area contributed by atoms with E-state index in [1.807, 2.05) is 44.5 Å². The zero-order chi connectivity index (χ0) is 22.2. The average molecular weight is 475 g/mol. The maximum Gasteiger partial charge on any atom is 0.677 e. The van der Waals surface area contributed by atoms with Crippen molar-refractivity contribution in [1.29, 1.82) is 0 Å². The van der Waals surface area contributed by atoms with Crippen LogP contribution in [0.4, 0.5) is 14.3 Å². The summed E-state index contributed by atoms with van der Waals surface area (Å²) < 4.78 is 31.2. The van der Waals surface area contributed by atoms with Crippen LogP contribution in [-0.4, -0.2) is 40.5 Å². The number of rotatable bonds is 5. The van der Waals surface area contributed by atoms with Gasteiger partial charge >= 0.3 is 7.40 Å². The van der Waals surface area contributed by atoms with Gasteiger partial charge in [-0.25, -0.2) is 0 Å². The number of nitrogens with one attached hydrogen (secondary N) is 1. The Labute approximate surface area is 184 Å². The van der Waals surface area contributed by atoms with E-state index in [0.29, 0.717) is 17.1 Å². The van der Waals surface area contributed by atoms with Crippen LogP contribution in [0.5, 0.6) is 0 Å². The van der Waals surface area contributed by atoms with Crippen molar-refractivity contribution in [2.45, 2.75) is 27.7 Å². The van der Waals surface area contributed by atoms with E-state index < -0.39 is 7.40 Å². The lowest BCUT2D eigenvalue weighted by atomic mass is 9.94. The Morgan fingerprint density at radius 2 is 1.80 bits per heavy atom. The third kappa shape index (κ3) is 4.06. The third-order valence-electron chi connectivity index (χ3n) is 5.33. The second-order valence-electron chi connectivity index (χ2n) is 7.48. The largest absolute Gasteiger partial charge is 0.677 e. The van der Waals surface area contributed by atoms with E-state index in [9.17, 15) is 13.4 Å². The Bertz CT molecular complexity index is 1100. The van der Waals surface area contributed by atoms with Gasteiger partial charge in [-0.2, -0.15) is 4.58 Å². The van der Waals surface area contributed by atoms with E-state index in [4.69, 9.17) is 0 Å². The van der Waals surface area contributed by atoms with Crippen molar-refractivity contribution >= 4 is 46.2 Å². The first-order valence-electron chi connectivity index (χ1n) is 9.59. The fourth-order valence-corrected chi connectivity index (χ4v) is 4.11. The molecule has 0 aliphatic carbocycles. The first kappa shape index (κ1) is 22.2. The molecule has 2 aromatic rings. The number of likely N-dealkylation sites (N-methyl/N-ethyl adjacent to an activating group) is 1. The van der Waals surface area contributed by atoms with Crippen LogP contribution in [0.2, 0.25) is 0 Å². The summed E-state index contributed by atoms with van der Waals surface area (Å²) in [5.41, 5.74) is 6.96. The van der Waals surface area contributed by atoms with Gasteiger partial charge in [-0.1, -0.05) is 28.1 Å². The molecule has 1 amide bonds. The van der Waals surface area contributed by atoms with Crippen molar-refractivity contribution in [1.82, 2.24) is 4.48 Å². The molecular weight excluding hydrogens is 451 g/mol. The predicted octanol–water partition coefficient (Wildman–Crippen LogP) is 5.03. The van der Waals surface area contributed by atoms with Gasteiger partial charge < -0.3 is 9.79 Å². The van der Waals surface area contributed by atoms with Gasteiger partial charge in [-0.3, -0.25) is 13.4 Å².